The second-order valence-corrected chi connectivity index (χ2v) is 4.14. The molecule has 0 amide bonds. The van der Waals surface area contributed by atoms with E-state index in [-0.39, 0.29) is 11.3 Å². The van der Waals surface area contributed by atoms with E-state index in [0.29, 0.717) is 25.3 Å². The van der Waals surface area contributed by atoms with Crippen LogP contribution in [0.2, 0.25) is 0 Å². The van der Waals surface area contributed by atoms with Gasteiger partial charge in [-0.05, 0) is 24.5 Å². The third-order valence-electron chi connectivity index (χ3n) is 2.89. The molecule has 1 aliphatic rings. The number of rotatable bonds is 2. The molecule has 0 bridgehead atoms. The van der Waals surface area contributed by atoms with Gasteiger partial charge in [0.25, 0.3) is 0 Å². The first kappa shape index (κ1) is 12.9. The van der Waals surface area contributed by atoms with Crippen molar-refractivity contribution in [1.29, 1.82) is 0 Å². The van der Waals surface area contributed by atoms with Gasteiger partial charge in [0.1, 0.15) is 17.3 Å². The maximum Gasteiger partial charge on any atom is 0.573 e. The Morgan fingerprint density at radius 3 is 2.50 bits per heavy atom. The number of alkyl halides is 3. The van der Waals surface area contributed by atoms with Gasteiger partial charge in [-0.3, -0.25) is 4.79 Å². The normalized spacial score (nSPS) is 20.2. The van der Waals surface area contributed by atoms with Crippen LogP contribution in [0.4, 0.5) is 17.6 Å². The Balaban J connectivity index is 2.22. The molecule has 0 saturated heterocycles. The van der Waals surface area contributed by atoms with E-state index < -0.39 is 23.8 Å². The van der Waals surface area contributed by atoms with Crippen molar-refractivity contribution in [3.8, 4) is 5.75 Å². The summed E-state index contributed by atoms with van der Waals surface area (Å²) >= 11 is 0. The average molecular weight is 262 g/mol. The van der Waals surface area contributed by atoms with Gasteiger partial charge in [0, 0.05) is 18.4 Å². The molecule has 1 unspecified atom stereocenters. The minimum Gasteiger partial charge on any atom is -0.406 e. The van der Waals surface area contributed by atoms with Gasteiger partial charge < -0.3 is 4.74 Å². The summed E-state index contributed by atoms with van der Waals surface area (Å²) in [6.45, 7) is 0. The lowest BCUT2D eigenvalue weighted by molar-refractivity contribution is -0.274. The fourth-order valence-electron chi connectivity index (χ4n) is 2.13. The standard InChI is InChI=1S/C12H10F4O2/c13-10-6-7(18-12(14,15)16)4-5-8(10)9-2-1-3-11(9)17/h4-6,9H,1-3H2. The molecule has 2 nitrogen and oxygen atoms in total. The van der Waals surface area contributed by atoms with Crippen molar-refractivity contribution in [2.45, 2.75) is 31.5 Å². The van der Waals surface area contributed by atoms with Crippen LogP contribution >= 0.6 is 0 Å². The van der Waals surface area contributed by atoms with Crippen LogP contribution in [0.5, 0.6) is 5.75 Å². The predicted octanol–water partition coefficient (Wildman–Crippen LogP) is 3.56. The van der Waals surface area contributed by atoms with Crippen molar-refractivity contribution < 1.29 is 27.1 Å². The number of benzene rings is 1. The Kier molecular flexibility index (Phi) is 3.28. The van der Waals surface area contributed by atoms with E-state index in [1.54, 1.807) is 0 Å². The maximum atomic E-state index is 13.7. The molecule has 98 valence electrons. The van der Waals surface area contributed by atoms with Crippen molar-refractivity contribution in [1.82, 2.24) is 0 Å². The quantitative estimate of drug-likeness (QED) is 0.762. The van der Waals surface area contributed by atoms with Crippen molar-refractivity contribution in [2.24, 2.45) is 0 Å². The molecule has 0 N–H and O–H groups in total. The molecule has 1 fully saturated rings. The third kappa shape index (κ3) is 2.80. The summed E-state index contributed by atoms with van der Waals surface area (Å²) in [5.41, 5.74) is 0.145. The van der Waals surface area contributed by atoms with Crippen LogP contribution in [0.3, 0.4) is 0 Å². The highest BCUT2D eigenvalue weighted by molar-refractivity contribution is 5.87. The van der Waals surface area contributed by atoms with E-state index in [0.717, 1.165) is 6.07 Å². The van der Waals surface area contributed by atoms with E-state index in [2.05, 4.69) is 4.74 Å². The molecule has 2 rings (SSSR count). The Bertz CT molecular complexity index is 468. The second-order valence-electron chi connectivity index (χ2n) is 4.14. The summed E-state index contributed by atoms with van der Waals surface area (Å²) in [6, 6.07) is 2.87. The van der Waals surface area contributed by atoms with Crippen LogP contribution < -0.4 is 4.74 Å². The van der Waals surface area contributed by atoms with Gasteiger partial charge in [0.15, 0.2) is 0 Å². The topological polar surface area (TPSA) is 26.3 Å². The van der Waals surface area contributed by atoms with Gasteiger partial charge in [-0.2, -0.15) is 0 Å². The Labute approximate surface area is 101 Å². The van der Waals surface area contributed by atoms with Gasteiger partial charge in [-0.15, -0.1) is 13.2 Å². The molecule has 6 heteroatoms. The number of hydrogen-bond acceptors (Lipinski definition) is 2. The fraction of sp³-hybridized carbons (Fsp3) is 0.417. The largest absolute Gasteiger partial charge is 0.573 e. The monoisotopic (exact) mass is 262 g/mol. The number of carbonyl (C=O) groups excluding carboxylic acids is 1. The highest BCUT2D eigenvalue weighted by Crippen LogP contribution is 2.34. The van der Waals surface area contributed by atoms with Gasteiger partial charge in [-0.25, -0.2) is 4.39 Å². The molecule has 1 aromatic carbocycles. The van der Waals surface area contributed by atoms with Crippen LogP contribution in [-0.2, 0) is 4.79 Å². The zero-order chi connectivity index (χ0) is 13.3. The molecule has 0 aromatic heterocycles. The molecule has 1 aromatic rings. The highest BCUT2D eigenvalue weighted by Gasteiger charge is 2.32. The highest BCUT2D eigenvalue weighted by atomic mass is 19.4. The first-order valence-corrected chi connectivity index (χ1v) is 5.45. The molecule has 1 atom stereocenters. The lowest BCUT2D eigenvalue weighted by atomic mass is 9.96. The summed E-state index contributed by atoms with van der Waals surface area (Å²) in [5, 5.41) is 0. The third-order valence-corrected chi connectivity index (χ3v) is 2.89. The molecule has 0 spiro atoms. The van der Waals surface area contributed by atoms with Crippen molar-refractivity contribution in [2.75, 3.05) is 0 Å². The zero-order valence-corrected chi connectivity index (χ0v) is 9.26. The minimum atomic E-state index is -4.85. The zero-order valence-electron chi connectivity index (χ0n) is 9.26. The SMILES string of the molecule is O=C1CCCC1c1ccc(OC(F)(F)F)cc1F. The number of ketones is 1. The number of carbonyl (C=O) groups is 1. The Hall–Kier alpha value is -1.59. The Morgan fingerprint density at radius 2 is 2.00 bits per heavy atom. The van der Waals surface area contributed by atoms with Crippen LogP contribution in [0.25, 0.3) is 0 Å². The molecular formula is C12H10F4O2. The molecule has 1 saturated carbocycles. The summed E-state index contributed by atoms with van der Waals surface area (Å²) in [7, 11) is 0. The first-order valence-electron chi connectivity index (χ1n) is 5.45. The number of Topliss-reactive ketones (excluding diaryl/α,β-unsaturated/α-hetero) is 1. The first-order chi connectivity index (χ1) is 8.37. The Morgan fingerprint density at radius 1 is 1.28 bits per heavy atom. The molecule has 18 heavy (non-hydrogen) atoms. The van der Waals surface area contributed by atoms with E-state index in [1.165, 1.54) is 6.07 Å². The van der Waals surface area contributed by atoms with Crippen LogP contribution in [0.1, 0.15) is 30.7 Å². The van der Waals surface area contributed by atoms with E-state index in [4.69, 9.17) is 0 Å². The average Bonchev–Trinajstić information content (AvgIpc) is 2.62. The number of hydrogen-bond donors (Lipinski definition) is 0. The van der Waals surface area contributed by atoms with Crippen LogP contribution in [0.15, 0.2) is 18.2 Å². The van der Waals surface area contributed by atoms with E-state index in [1.807, 2.05) is 0 Å². The van der Waals surface area contributed by atoms with Gasteiger partial charge in [0.05, 0.1) is 0 Å². The minimum absolute atomic E-state index is 0.0709. The molecule has 1 aliphatic carbocycles. The van der Waals surface area contributed by atoms with Crippen LogP contribution in [0, 0.1) is 5.82 Å². The van der Waals surface area contributed by atoms with Crippen molar-refractivity contribution in [3.63, 3.8) is 0 Å². The maximum absolute atomic E-state index is 13.7. The summed E-state index contributed by atoms with van der Waals surface area (Å²) < 4.78 is 53.1. The van der Waals surface area contributed by atoms with Crippen molar-refractivity contribution >= 4 is 5.78 Å². The lowest BCUT2D eigenvalue weighted by Gasteiger charge is -2.12. The summed E-state index contributed by atoms with van der Waals surface area (Å²) in [4.78, 5) is 11.5. The van der Waals surface area contributed by atoms with Gasteiger partial charge >= 0.3 is 6.36 Å². The van der Waals surface area contributed by atoms with E-state index in [9.17, 15) is 22.4 Å². The predicted molar refractivity (Wildman–Crippen MR) is 54.7 cm³/mol. The number of halogens is 4. The van der Waals surface area contributed by atoms with Gasteiger partial charge in [-0.1, -0.05) is 6.07 Å². The van der Waals surface area contributed by atoms with Crippen LogP contribution in [-0.4, -0.2) is 12.1 Å². The molecular weight excluding hydrogens is 252 g/mol. The number of ether oxygens (including phenoxy) is 1. The van der Waals surface area contributed by atoms with Crippen molar-refractivity contribution in [3.05, 3.63) is 29.6 Å². The van der Waals surface area contributed by atoms with Gasteiger partial charge in [0.2, 0.25) is 0 Å². The summed E-state index contributed by atoms with van der Waals surface area (Å²) in [6.07, 6.45) is -3.24. The summed E-state index contributed by atoms with van der Waals surface area (Å²) in [5.74, 6) is -2.06. The molecule has 0 heterocycles. The van der Waals surface area contributed by atoms with E-state index >= 15 is 0 Å². The molecule has 0 aliphatic heterocycles. The lowest BCUT2D eigenvalue weighted by Crippen LogP contribution is -2.17. The smallest absolute Gasteiger partial charge is 0.406 e. The molecule has 0 radical (unpaired) electrons. The fourth-order valence-corrected chi connectivity index (χ4v) is 2.13. The second kappa shape index (κ2) is 4.59.